The molecular formula is C20H25N3O2S. The number of nitrogens with one attached hydrogen (secondary N) is 1. The Bertz CT molecular complexity index is 764. The van der Waals surface area contributed by atoms with Crippen LogP contribution in [0.1, 0.15) is 47.5 Å². The lowest BCUT2D eigenvalue weighted by molar-refractivity contribution is 0.0906. The van der Waals surface area contributed by atoms with Crippen molar-refractivity contribution in [3.8, 4) is 0 Å². The molecule has 2 fully saturated rings. The van der Waals surface area contributed by atoms with Crippen LogP contribution in [-0.4, -0.2) is 41.1 Å². The van der Waals surface area contributed by atoms with Gasteiger partial charge >= 0.3 is 0 Å². The molecule has 0 atom stereocenters. The van der Waals surface area contributed by atoms with E-state index in [-0.39, 0.29) is 11.9 Å². The molecule has 1 amide bonds. The highest BCUT2D eigenvalue weighted by atomic mass is 32.2. The third kappa shape index (κ3) is 4.30. The van der Waals surface area contributed by atoms with Crippen molar-refractivity contribution >= 4 is 17.7 Å². The Hall–Kier alpha value is -1.79. The number of amides is 1. The van der Waals surface area contributed by atoms with Gasteiger partial charge in [-0.05, 0) is 44.7 Å². The van der Waals surface area contributed by atoms with Crippen LogP contribution in [0.15, 0.2) is 39.8 Å². The minimum Gasteiger partial charge on any atom is -0.360 e. The summed E-state index contributed by atoms with van der Waals surface area (Å²) in [5.41, 5.74) is 1.63. The minimum atomic E-state index is 0.0340. The first-order chi connectivity index (χ1) is 12.7. The van der Waals surface area contributed by atoms with E-state index >= 15 is 0 Å². The third-order valence-corrected chi connectivity index (χ3v) is 6.20. The molecule has 26 heavy (non-hydrogen) atoms. The number of piperidine rings is 1. The van der Waals surface area contributed by atoms with Gasteiger partial charge in [0.05, 0.1) is 17.0 Å². The molecule has 0 unspecified atom stereocenters. The zero-order valence-electron chi connectivity index (χ0n) is 15.1. The predicted molar refractivity (Wildman–Crippen MR) is 102 cm³/mol. The smallest absolute Gasteiger partial charge is 0.252 e. The van der Waals surface area contributed by atoms with Crippen LogP contribution < -0.4 is 5.32 Å². The normalized spacial score (nSPS) is 18.8. The van der Waals surface area contributed by atoms with Gasteiger partial charge in [0.1, 0.15) is 5.76 Å². The van der Waals surface area contributed by atoms with Gasteiger partial charge in [-0.3, -0.25) is 4.79 Å². The van der Waals surface area contributed by atoms with E-state index in [0.717, 1.165) is 53.9 Å². The first kappa shape index (κ1) is 17.6. The molecule has 5 nitrogen and oxygen atoms in total. The predicted octanol–water partition coefficient (Wildman–Crippen LogP) is 3.63. The first-order valence-electron chi connectivity index (χ1n) is 9.38. The topological polar surface area (TPSA) is 58.4 Å². The number of hydrogen-bond donors (Lipinski definition) is 1. The van der Waals surface area contributed by atoms with Crippen LogP contribution in [0.3, 0.4) is 0 Å². The number of likely N-dealkylation sites (tertiary alicyclic amines) is 1. The monoisotopic (exact) mass is 371 g/mol. The molecule has 2 aromatic rings. The van der Waals surface area contributed by atoms with Crippen molar-refractivity contribution in [1.82, 2.24) is 15.4 Å². The second kappa shape index (κ2) is 7.84. The summed E-state index contributed by atoms with van der Waals surface area (Å²) in [5, 5.41) is 7.16. The van der Waals surface area contributed by atoms with Crippen molar-refractivity contribution in [1.29, 1.82) is 0 Å². The van der Waals surface area contributed by atoms with Crippen molar-refractivity contribution in [3.63, 3.8) is 0 Å². The van der Waals surface area contributed by atoms with Gasteiger partial charge in [0.25, 0.3) is 5.91 Å². The number of thioether (sulfide) groups is 1. The van der Waals surface area contributed by atoms with Gasteiger partial charge in [0.15, 0.2) is 0 Å². The Kier molecular flexibility index (Phi) is 5.31. The zero-order valence-corrected chi connectivity index (χ0v) is 15.9. The lowest BCUT2D eigenvalue weighted by Crippen LogP contribution is -2.45. The maximum atomic E-state index is 12.8. The van der Waals surface area contributed by atoms with Crippen LogP contribution in [0, 0.1) is 6.92 Å². The fourth-order valence-electron chi connectivity index (χ4n) is 3.53. The lowest BCUT2D eigenvalue weighted by atomic mass is 10.0. The second-order valence-electron chi connectivity index (χ2n) is 7.23. The van der Waals surface area contributed by atoms with Crippen LogP contribution in [0.2, 0.25) is 0 Å². The number of aryl methyl sites for hydroxylation is 1. The summed E-state index contributed by atoms with van der Waals surface area (Å²) >= 11 is 1.61. The van der Waals surface area contributed by atoms with Crippen LogP contribution in [0.25, 0.3) is 0 Å². The largest absolute Gasteiger partial charge is 0.360 e. The van der Waals surface area contributed by atoms with E-state index < -0.39 is 0 Å². The number of carbonyl (C=O) groups is 1. The quantitative estimate of drug-likeness (QED) is 0.786. The van der Waals surface area contributed by atoms with E-state index in [1.807, 2.05) is 37.3 Å². The molecular weight excluding hydrogens is 346 g/mol. The van der Waals surface area contributed by atoms with Crippen LogP contribution in [-0.2, 0) is 5.75 Å². The zero-order chi connectivity index (χ0) is 17.9. The SMILES string of the molecule is Cc1cc(CSc2ccccc2C(=O)NC2CCN(C3CC3)CC2)on1. The van der Waals surface area contributed by atoms with Crippen LogP contribution in [0.5, 0.6) is 0 Å². The molecule has 138 valence electrons. The Morgan fingerprint density at radius 3 is 2.73 bits per heavy atom. The van der Waals surface area contributed by atoms with E-state index in [1.54, 1.807) is 11.8 Å². The van der Waals surface area contributed by atoms with E-state index in [4.69, 9.17) is 4.52 Å². The molecule has 6 heteroatoms. The van der Waals surface area contributed by atoms with E-state index in [0.29, 0.717) is 5.75 Å². The standard InChI is InChI=1S/C20H25N3O2S/c1-14-12-17(25-22-14)13-26-19-5-3-2-4-18(19)20(24)21-15-8-10-23(11-9-15)16-6-7-16/h2-5,12,15-16H,6-11,13H2,1H3,(H,21,24). The molecule has 1 aliphatic heterocycles. The van der Waals surface area contributed by atoms with Gasteiger partial charge < -0.3 is 14.7 Å². The number of aromatic nitrogens is 1. The van der Waals surface area contributed by atoms with Crippen molar-refractivity contribution in [2.45, 2.75) is 55.3 Å². The number of carbonyl (C=O) groups excluding carboxylic acids is 1. The maximum absolute atomic E-state index is 12.8. The molecule has 0 radical (unpaired) electrons. The van der Waals surface area contributed by atoms with Crippen LogP contribution in [0.4, 0.5) is 0 Å². The molecule has 1 aromatic carbocycles. The van der Waals surface area contributed by atoms with Crippen molar-refractivity contribution in [2.24, 2.45) is 0 Å². The van der Waals surface area contributed by atoms with Crippen molar-refractivity contribution in [2.75, 3.05) is 13.1 Å². The second-order valence-corrected chi connectivity index (χ2v) is 8.25. The van der Waals surface area contributed by atoms with Gasteiger partial charge in [-0.2, -0.15) is 0 Å². The lowest BCUT2D eigenvalue weighted by Gasteiger charge is -2.32. The van der Waals surface area contributed by atoms with Crippen LogP contribution >= 0.6 is 11.8 Å². The Morgan fingerprint density at radius 2 is 2.04 bits per heavy atom. The summed E-state index contributed by atoms with van der Waals surface area (Å²) in [5.74, 6) is 1.53. The minimum absolute atomic E-state index is 0.0340. The van der Waals surface area contributed by atoms with Gasteiger partial charge in [-0.15, -0.1) is 11.8 Å². The summed E-state index contributed by atoms with van der Waals surface area (Å²) in [7, 11) is 0. The van der Waals surface area contributed by atoms with Crippen molar-refractivity contribution < 1.29 is 9.32 Å². The molecule has 1 saturated carbocycles. The van der Waals surface area contributed by atoms with E-state index in [1.165, 1.54) is 12.8 Å². The summed E-state index contributed by atoms with van der Waals surface area (Å²) in [4.78, 5) is 16.4. The summed E-state index contributed by atoms with van der Waals surface area (Å²) in [6.07, 6.45) is 4.81. The number of hydrogen-bond acceptors (Lipinski definition) is 5. The third-order valence-electron chi connectivity index (χ3n) is 5.11. The number of benzene rings is 1. The molecule has 1 saturated heterocycles. The molecule has 4 rings (SSSR count). The Morgan fingerprint density at radius 1 is 1.27 bits per heavy atom. The average Bonchev–Trinajstić information content (AvgIpc) is 3.42. The molecule has 2 aliphatic rings. The molecule has 1 aromatic heterocycles. The number of nitrogens with zero attached hydrogens (tertiary/aromatic N) is 2. The van der Waals surface area contributed by atoms with Gasteiger partial charge in [-0.25, -0.2) is 0 Å². The molecule has 2 heterocycles. The van der Waals surface area contributed by atoms with Gasteiger partial charge in [-0.1, -0.05) is 17.3 Å². The summed E-state index contributed by atoms with van der Waals surface area (Å²) in [6.45, 7) is 4.13. The summed E-state index contributed by atoms with van der Waals surface area (Å²) in [6, 6.07) is 10.8. The molecule has 1 aliphatic carbocycles. The highest BCUT2D eigenvalue weighted by molar-refractivity contribution is 7.98. The Balaban J connectivity index is 1.35. The average molecular weight is 372 g/mol. The maximum Gasteiger partial charge on any atom is 0.252 e. The van der Waals surface area contributed by atoms with Gasteiger partial charge in [0.2, 0.25) is 0 Å². The molecule has 1 N–H and O–H groups in total. The van der Waals surface area contributed by atoms with Crippen molar-refractivity contribution in [3.05, 3.63) is 47.3 Å². The van der Waals surface area contributed by atoms with E-state index in [9.17, 15) is 4.79 Å². The number of rotatable bonds is 6. The summed E-state index contributed by atoms with van der Waals surface area (Å²) < 4.78 is 5.27. The highest BCUT2D eigenvalue weighted by Gasteiger charge is 2.32. The molecule has 0 spiro atoms. The van der Waals surface area contributed by atoms with Gasteiger partial charge in [0, 0.05) is 36.1 Å². The van der Waals surface area contributed by atoms with E-state index in [2.05, 4.69) is 15.4 Å². The fraction of sp³-hybridized carbons (Fsp3) is 0.500. The Labute approximate surface area is 158 Å². The first-order valence-corrected chi connectivity index (χ1v) is 10.4. The fourth-order valence-corrected chi connectivity index (χ4v) is 4.45. The molecule has 0 bridgehead atoms. The highest BCUT2D eigenvalue weighted by Crippen LogP contribution is 2.30.